The SMILES string of the molecule is Cc1[nH]ccc(=O)c1-c1cccc(C(F)(F)F)c1. The van der Waals surface area contributed by atoms with Gasteiger partial charge in [0.15, 0.2) is 5.43 Å². The van der Waals surface area contributed by atoms with Crippen LogP contribution in [0.25, 0.3) is 11.1 Å². The van der Waals surface area contributed by atoms with Gasteiger partial charge in [-0.1, -0.05) is 12.1 Å². The molecule has 0 unspecified atom stereocenters. The summed E-state index contributed by atoms with van der Waals surface area (Å²) < 4.78 is 37.8. The van der Waals surface area contributed by atoms with Gasteiger partial charge in [0, 0.05) is 23.5 Å². The number of benzene rings is 1. The van der Waals surface area contributed by atoms with Crippen LogP contribution in [0.4, 0.5) is 13.2 Å². The number of halogens is 3. The Kier molecular flexibility index (Phi) is 2.98. The first-order valence-corrected chi connectivity index (χ1v) is 5.25. The highest BCUT2D eigenvalue weighted by atomic mass is 19.4. The summed E-state index contributed by atoms with van der Waals surface area (Å²) in [6.07, 6.45) is -2.94. The van der Waals surface area contributed by atoms with Crippen molar-refractivity contribution in [2.45, 2.75) is 13.1 Å². The van der Waals surface area contributed by atoms with E-state index in [-0.39, 0.29) is 16.6 Å². The Morgan fingerprint density at radius 1 is 1.17 bits per heavy atom. The third-order valence-electron chi connectivity index (χ3n) is 2.63. The molecule has 18 heavy (non-hydrogen) atoms. The van der Waals surface area contributed by atoms with Crippen LogP contribution in [-0.4, -0.2) is 4.98 Å². The molecule has 1 heterocycles. The number of pyridine rings is 1. The third-order valence-corrected chi connectivity index (χ3v) is 2.63. The number of aromatic amines is 1. The Morgan fingerprint density at radius 3 is 2.50 bits per heavy atom. The van der Waals surface area contributed by atoms with Crippen LogP contribution in [0.1, 0.15) is 11.3 Å². The summed E-state index contributed by atoms with van der Waals surface area (Å²) in [6.45, 7) is 1.65. The van der Waals surface area contributed by atoms with Gasteiger partial charge in [-0.05, 0) is 24.6 Å². The molecule has 0 saturated heterocycles. The third kappa shape index (κ3) is 2.30. The van der Waals surface area contributed by atoms with Gasteiger partial charge in [0.1, 0.15) is 0 Å². The van der Waals surface area contributed by atoms with Crippen LogP contribution in [-0.2, 0) is 6.18 Å². The lowest BCUT2D eigenvalue weighted by atomic mass is 10.0. The largest absolute Gasteiger partial charge is 0.416 e. The predicted octanol–water partition coefficient (Wildman–Crippen LogP) is 3.37. The number of hydrogen-bond donors (Lipinski definition) is 1. The highest BCUT2D eigenvalue weighted by molar-refractivity contribution is 5.66. The normalized spacial score (nSPS) is 11.6. The molecule has 1 aromatic heterocycles. The maximum Gasteiger partial charge on any atom is 0.416 e. The van der Waals surface area contributed by atoms with Crippen LogP contribution in [0.3, 0.4) is 0 Å². The second-order valence-electron chi connectivity index (χ2n) is 3.92. The summed E-state index contributed by atoms with van der Waals surface area (Å²) in [6, 6.07) is 6.05. The smallest absolute Gasteiger partial charge is 0.364 e. The van der Waals surface area contributed by atoms with Crippen LogP contribution in [0.2, 0.25) is 0 Å². The molecule has 5 heteroatoms. The van der Waals surface area contributed by atoms with Gasteiger partial charge in [-0.15, -0.1) is 0 Å². The monoisotopic (exact) mass is 253 g/mol. The fraction of sp³-hybridized carbons (Fsp3) is 0.154. The van der Waals surface area contributed by atoms with Crippen molar-refractivity contribution in [2.24, 2.45) is 0 Å². The van der Waals surface area contributed by atoms with Crippen LogP contribution < -0.4 is 5.43 Å². The lowest BCUT2D eigenvalue weighted by molar-refractivity contribution is -0.137. The lowest BCUT2D eigenvalue weighted by Gasteiger charge is -2.09. The summed E-state index contributed by atoms with van der Waals surface area (Å²) in [5.74, 6) is 0. The summed E-state index contributed by atoms with van der Waals surface area (Å²) in [5.41, 5.74) is 0.0165. The highest BCUT2D eigenvalue weighted by Crippen LogP contribution is 2.31. The van der Waals surface area contributed by atoms with Crippen molar-refractivity contribution in [2.75, 3.05) is 0 Å². The van der Waals surface area contributed by atoms with E-state index in [9.17, 15) is 18.0 Å². The number of alkyl halides is 3. The maximum atomic E-state index is 12.6. The zero-order chi connectivity index (χ0) is 13.3. The maximum absolute atomic E-state index is 12.6. The Balaban J connectivity index is 2.63. The van der Waals surface area contributed by atoms with E-state index in [2.05, 4.69) is 4.98 Å². The van der Waals surface area contributed by atoms with E-state index in [0.29, 0.717) is 5.69 Å². The van der Waals surface area contributed by atoms with Gasteiger partial charge in [0.2, 0.25) is 0 Å². The van der Waals surface area contributed by atoms with Gasteiger partial charge in [0.25, 0.3) is 0 Å². The fourth-order valence-corrected chi connectivity index (χ4v) is 1.79. The van der Waals surface area contributed by atoms with Crippen molar-refractivity contribution in [3.63, 3.8) is 0 Å². The minimum absolute atomic E-state index is 0.267. The van der Waals surface area contributed by atoms with Crippen molar-refractivity contribution in [3.8, 4) is 11.1 Å². The van der Waals surface area contributed by atoms with E-state index in [1.807, 2.05) is 0 Å². The van der Waals surface area contributed by atoms with E-state index < -0.39 is 11.7 Å². The van der Waals surface area contributed by atoms with E-state index in [0.717, 1.165) is 12.1 Å². The van der Waals surface area contributed by atoms with Gasteiger partial charge in [-0.25, -0.2) is 0 Å². The zero-order valence-electron chi connectivity index (χ0n) is 9.51. The molecule has 0 atom stereocenters. The number of aromatic nitrogens is 1. The molecular weight excluding hydrogens is 243 g/mol. The summed E-state index contributed by atoms with van der Waals surface area (Å²) in [5, 5.41) is 0. The summed E-state index contributed by atoms with van der Waals surface area (Å²) in [4.78, 5) is 14.5. The molecule has 0 spiro atoms. The van der Waals surface area contributed by atoms with Crippen molar-refractivity contribution >= 4 is 0 Å². The van der Waals surface area contributed by atoms with Crippen molar-refractivity contribution in [3.05, 3.63) is 58.0 Å². The van der Waals surface area contributed by atoms with Gasteiger partial charge in [0.05, 0.1) is 5.56 Å². The number of aryl methyl sites for hydroxylation is 1. The molecule has 2 nitrogen and oxygen atoms in total. The fourth-order valence-electron chi connectivity index (χ4n) is 1.79. The molecule has 2 aromatic rings. The van der Waals surface area contributed by atoms with Gasteiger partial charge < -0.3 is 4.98 Å². The number of rotatable bonds is 1. The minimum atomic E-state index is -4.41. The zero-order valence-corrected chi connectivity index (χ0v) is 9.51. The number of hydrogen-bond acceptors (Lipinski definition) is 1. The molecule has 0 bridgehead atoms. The van der Waals surface area contributed by atoms with Gasteiger partial charge in [-0.2, -0.15) is 13.2 Å². The first kappa shape index (κ1) is 12.4. The Morgan fingerprint density at radius 2 is 1.89 bits per heavy atom. The molecule has 0 saturated carbocycles. The van der Waals surface area contributed by atoms with Crippen molar-refractivity contribution in [1.29, 1.82) is 0 Å². The van der Waals surface area contributed by atoms with Crippen LogP contribution >= 0.6 is 0 Å². The molecule has 0 aliphatic rings. The second-order valence-corrected chi connectivity index (χ2v) is 3.92. The average Bonchev–Trinajstić information content (AvgIpc) is 2.28. The Hall–Kier alpha value is -2.04. The molecule has 2 rings (SSSR count). The minimum Gasteiger partial charge on any atom is -0.364 e. The molecule has 94 valence electrons. The topological polar surface area (TPSA) is 32.9 Å². The van der Waals surface area contributed by atoms with Gasteiger partial charge >= 0.3 is 6.18 Å². The number of H-pyrrole nitrogens is 1. The summed E-state index contributed by atoms with van der Waals surface area (Å²) in [7, 11) is 0. The highest BCUT2D eigenvalue weighted by Gasteiger charge is 2.30. The van der Waals surface area contributed by atoms with E-state index >= 15 is 0 Å². The van der Waals surface area contributed by atoms with E-state index in [1.54, 1.807) is 6.92 Å². The lowest BCUT2D eigenvalue weighted by Crippen LogP contribution is -2.08. The van der Waals surface area contributed by atoms with E-state index in [4.69, 9.17) is 0 Å². The predicted molar refractivity (Wildman–Crippen MR) is 62.2 cm³/mol. The van der Waals surface area contributed by atoms with Crippen molar-refractivity contribution < 1.29 is 13.2 Å². The van der Waals surface area contributed by atoms with E-state index in [1.165, 1.54) is 24.4 Å². The molecule has 0 aliphatic heterocycles. The average molecular weight is 253 g/mol. The molecule has 1 N–H and O–H groups in total. The molecule has 0 aliphatic carbocycles. The molecule has 0 radical (unpaired) electrons. The number of nitrogens with one attached hydrogen (secondary N) is 1. The van der Waals surface area contributed by atoms with Crippen LogP contribution in [0.5, 0.6) is 0 Å². The van der Waals surface area contributed by atoms with Gasteiger partial charge in [-0.3, -0.25) is 4.79 Å². The quantitative estimate of drug-likeness (QED) is 0.830. The molecule has 0 fully saturated rings. The molecule has 1 aromatic carbocycles. The van der Waals surface area contributed by atoms with Crippen LogP contribution in [0.15, 0.2) is 41.3 Å². The Bertz CT molecular complexity index is 629. The Labute approximate surface area is 101 Å². The first-order chi connectivity index (χ1) is 8.39. The second kappa shape index (κ2) is 4.33. The van der Waals surface area contributed by atoms with Crippen LogP contribution in [0, 0.1) is 6.92 Å². The molecule has 0 amide bonds. The standard InChI is InChI=1S/C13H10F3NO/c1-8-12(11(18)5-6-17-8)9-3-2-4-10(7-9)13(14,15)16/h2-7H,1H3,(H,17,18). The first-order valence-electron chi connectivity index (χ1n) is 5.25. The summed E-state index contributed by atoms with van der Waals surface area (Å²) >= 11 is 0. The van der Waals surface area contributed by atoms with Crippen molar-refractivity contribution in [1.82, 2.24) is 4.98 Å². The molecular formula is C13H10F3NO.